The first-order chi connectivity index (χ1) is 9.83. The van der Waals surface area contributed by atoms with Crippen molar-refractivity contribution in [1.82, 2.24) is 5.32 Å². The van der Waals surface area contributed by atoms with E-state index in [-0.39, 0.29) is 0 Å². The highest BCUT2D eigenvalue weighted by atomic mass is 16.5. The number of rotatable bonds is 4. The summed E-state index contributed by atoms with van der Waals surface area (Å²) in [6.07, 6.45) is 8.38. The first-order valence-electron chi connectivity index (χ1n) is 8.26. The van der Waals surface area contributed by atoms with E-state index in [0.29, 0.717) is 6.04 Å². The molecular formula is C18H25NO. The van der Waals surface area contributed by atoms with Crippen molar-refractivity contribution in [1.29, 1.82) is 0 Å². The lowest BCUT2D eigenvalue weighted by atomic mass is 9.82. The van der Waals surface area contributed by atoms with Crippen LogP contribution in [0.25, 0.3) is 0 Å². The molecule has 0 aromatic heterocycles. The predicted molar refractivity (Wildman–Crippen MR) is 81.0 cm³/mol. The number of hydrogen-bond donors (Lipinski definition) is 1. The zero-order valence-corrected chi connectivity index (χ0v) is 12.4. The SMILES string of the molecule is CNC(CC1CC2CCC1C2)c1ccc2c(c1)CCO2. The summed E-state index contributed by atoms with van der Waals surface area (Å²) >= 11 is 0. The van der Waals surface area contributed by atoms with Crippen molar-refractivity contribution in [3.05, 3.63) is 29.3 Å². The van der Waals surface area contributed by atoms with E-state index in [1.165, 1.54) is 43.2 Å². The van der Waals surface area contributed by atoms with Crippen LogP contribution in [-0.2, 0) is 6.42 Å². The fraction of sp³-hybridized carbons (Fsp3) is 0.667. The molecule has 0 amide bonds. The highest BCUT2D eigenvalue weighted by Gasteiger charge is 2.40. The summed E-state index contributed by atoms with van der Waals surface area (Å²) in [4.78, 5) is 0. The summed E-state index contributed by atoms with van der Waals surface area (Å²) < 4.78 is 5.62. The quantitative estimate of drug-likeness (QED) is 0.901. The second kappa shape index (κ2) is 5.07. The second-order valence-corrected chi connectivity index (χ2v) is 6.98. The van der Waals surface area contributed by atoms with Gasteiger partial charge in [-0.25, -0.2) is 0 Å². The molecule has 1 aromatic rings. The van der Waals surface area contributed by atoms with Crippen LogP contribution in [0, 0.1) is 17.8 Å². The molecule has 2 aliphatic carbocycles. The van der Waals surface area contributed by atoms with Crippen LogP contribution in [0.2, 0.25) is 0 Å². The molecule has 0 radical (unpaired) electrons. The van der Waals surface area contributed by atoms with Crippen LogP contribution in [-0.4, -0.2) is 13.7 Å². The molecule has 2 fully saturated rings. The van der Waals surface area contributed by atoms with Gasteiger partial charge in [0.2, 0.25) is 0 Å². The van der Waals surface area contributed by atoms with Crippen molar-refractivity contribution in [3.63, 3.8) is 0 Å². The second-order valence-electron chi connectivity index (χ2n) is 6.98. The van der Waals surface area contributed by atoms with Crippen molar-refractivity contribution < 1.29 is 4.74 Å². The van der Waals surface area contributed by atoms with Crippen molar-refractivity contribution in [3.8, 4) is 5.75 Å². The minimum Gasteiger partial charge on any atom is -0.493 e. The summed E-state index contributed by atoms with van der Waals surface area (Å²) in [6.45, 7) is 0.857. The number of fused-ring (bicyclic) bond motifs is 3. The fourth-order valence-corrected chi connectivity index (χ4v) is 4.81. The van der Waals surface area contributed by atoms with E-state index in [4.69, 9.17) is 4.74 Å². The molecule has 4 unspecified atom stereocenters. The maximum absolute atomic E-state index is 5.62. The van der Waals surface area contributed by atoms with Crippen molar-refractivity contribution >= 4 is 0 Å². The van der Waals surface area contributed by atoms with Crippen LogP contribution in [0.15, 0.2) is 18.2 Å². The zero-order valence-electron chi connectivity index (χ0n) is 12.4. The van der Waals surface area contributed by atoms with E-state index in [0.717, 1.165) is 36.5 Å². The molecule has 1 N–H and O–H groups in total. The molecule has 0 saturated heterocycles. The Morgan fingerprint density at radius 3 is 3.00 bits per heavy atom. The normalized spacial score (nSPS) is 32.1. The fourth-order valence-electron chi connectivity index (χ4n) is 4.81. The van der Waals surface area contributed by atoms with Gasteiger partial charge in [0.15, 0.2) is 0 Å². The lowest BCUT2D eigenvalue weighted by Gasteiger charge is -2.27. The van der Waals surface area contributed by atoms with Crippen LogP contribution in [0.3, 0.4) is 0 Å². The number of ether oxygens (including phenoxy) is 1. The third-order valence-corrected chi connectivity index (χ3v) is 5.89. The third kappa shape index (κ3) is 2.14. The molecule has 108 valence electrons. The number of nitrogens with one attached hydrogen (secondary N) is 1. The Kier molecular flexibility index (Phi) is 3.22. The van der Waals surface area contributed by atoms with Crippen LogP contribution < -0.4 is 10.1 Å². The summed E-state index contributed by atoms with van der Waals surface area (Å²) in [5.41, 5.74) is 2.86. The highest BCUT2D eigenvalue weighted by molar-refractivity contribution is 5.40. The van der Waals surface area contributed by atoms with E-state index in [2.05, 4.69) is 30.6 Å². The highest BCUT2D eigenvalue weighted by Crippen LogP contribution is 2.51. The van der Waals surface area contributed by atoms with Crippen LogP contribution in [0.4, 0.5) is 0 Å². The lowest BCUT2D eigenvalue weighted by molar-refractivity contribution is 0.284. The Morgan fingerprint density at radius 1 is 1.30 bits per heavy atom. The molecule has 0 spiro atoms. The molecule has 3 aliphatic rings. The average Bonchev–Trinajstić information content (AvgIpc) is 3.19. The van der Waals surface area contributed by atoms with Crippen LogP contribution in [0.5, 0.6) is 5.75 Å². The van der Waals surface area contributed by atoms with E-state index in [9.17, 15) is 0 Å². The predicted octanol–water partition coefficient (Wildman–Crippen LogP) is 3.71. The van der Waals surface area contributed by atoms with Crippen molar-refractivity contribution in [2.24, 2.45) is 17.8 Å². The van der Waals surface area contributed by atoms with Gasteiger partial charge < -0.3 is 10.1 Å². The first-order valence-corrected chi connectivity index (χ1v) is 8.26. The van der Waals surface area contributed by atoms with Gasteiger partial charge in [0.1, 0.15) is 5.75 Å². The largest absolute Gasteiger partial charge is 0.493 e. The van der Waals surface area contributed by atoms with Gasteiger partial charge >= 0.3 is 0 Å². The Hall–Kier alpha value is -1.02. The van der Waals surface area contributed by atoms with Crippen LogP contribution in [0.1, 0.15) is 49.3 Å². The molecule has 2 heteroatoms. The summed E-state index contributed by atoms with van der Waals surface area (Å²) in [5.74, 6) is 4.13. The molecule has 2 nitrogen and oxygen atoms in total. The molecule has 1 aromatic carbocycles. The van der Waals surface area contributed by atoms with Gasteiger partial charge in [-0.1, -0.05) is 18.6 Å². The molecule has 1 aliphatic heterocycles. The van der Waals surface area contributed by atoms with E-state index in [1.54, 1.807) is 0 Å². The summed E-state index contributed by atoms with van der Waals surface area (Å²) in [7, 11) is 2.11. The standard InChI is InChI=1S/C18H25NO/c1-19-17(11-16-9-12-2-3-13(16)8-12)14-4-5-18-15(10-14)6-7-20-18/h4-5,10,12-13,16-17,19H,2-3,6-9,11H2,1H3. The van der Waals surface area contributed by atoms with Gasteiger partial charge in [-0.2, -0.15) is 0 Å². The Balaban J connectivity index is 1.50. The van der Waals surface area contributed by atoms with Gasteiger partial charge in [0.25, 0.3) is 0 Å². The van der Waals surface area contributed by atoms with Crippen molar-refractivity contribution in [2.75, 3.05) is 13.7 Å². The monoisotopic (exact) mass is 271 g/mol. The van der Waals surface area contributed by atoms with E-state index < -0.39 is 0 Å². The summed E-state index contributed by atoms with van der Waals surface area (Å²) in [5, 5.41) is 3.56. The minimum absolute atomic E-state index is 0.519. The first kappa shape index (κ1) is 12.7. The lowest BCUT2D eigenvalue weighted by Crippen LogP contribution is -2.22. The third-order valence-electron chi connectivity index (χ3n) is 5.89. The topological polar surface area (TPSA) is 21.3 Å². The van der Waals surface area contributed by atoms with Gasteiger partial charge in [-0.15, -0.1) is 0 Å². The smallest absolute Gasteiger partial charge is 0.122 e. The van der Waals surface area contributed by atoms with Gasteiger partial charge in [0, 0.05) is 12.5 Å². The Labute approximate surface area is 121 Å². The minimum atomic E-state index is 0.519. The maximum atomic E-state index is 5.62. The van der Waals surface area contributed by atoms with Gasteiger partial charge in [-0.05, 0) is 67.7 Å². The Bertz CT molecular complexity index is 498. The molecule has 20 heavy (non-hydrogen) atoms. The maximum Gasteiger partial charge on any atom is 0.122 e. The molecule has 4 atom stereocenters. The zero-order chi connectivity index (χ0) is 13.5. The molecule has 4 rings (SSSR count). The Morgan fingerprint density at radius 2 is 2.25 bits per heavy atom. The molecular weight excluding hydrogens is 246 g/mol. The van der Waals surface area contributed by atoms with Crippen LogP contribution >= 0.6 is 0 Å². The molecule has 2 bridgehead atoms. The number of hydrogen-bond acceptors (Lipinski definition) is 2. The van der Waals surface area contributed by atoms with Gasteiger partial charge in [0.05, 0.1) is 6.61 Å². The van der Waals surface area contributed by atoms with E-state index >= 15 is 0 Å². The summed E-state index contributed by atoms with van der Waals surface area (Å²) in [6, 6.07) is 7.32. The molecule has 2 saturated carbocycles. The number of benzene rings is 1. The van der Waals surface area contributed by atoms with Crippen molar-refractivity contribution in [2.45, 2.75) is 44.6 Å². The van der Waals surface area contributed by atoms with E-state index in [1.807, 2.05) is 0 Å². The van der Waals surface area contributed by atoms with Gasteiger partial charge in [-0.3, -0.25) is 0 Å². The molecule has 1 heterocycles. The average molecular weight is 271 g/mol.